The van der Waals surface area contributed by atoms with Crippen molar-refractivity contribution in [1.82, 2.24) is 0 Å². The van der Waals surface area contributed by atoms with Gasteiger partial charge >= 0.3 is 0 Å². The highest BCUT2D eigenvalue weighted by Gasteiger charge is 2.14. The number of nitrogens with one attached hydrogen (secondary N) is 1. The topological polar surface area (TPSA) is 15.3 Å². The smallest absolute Gasteiger partial charge is 0.146 e. The second kappa shape index (κ2) is 5.12. The first-order chi connectivity index (χ1) is 9.63. The standard InChI is InChI=1S/C16H16F2N2/c1-20-8-2-3-11-9-13(5-7-16(11)20)19-15-10-12(17)4-6-14(15)18/h4-7,9-10,19H,2-3,8H2,1H3. The van der Waals surface area contributed by atoms with Gasteiger partial charge in [-0.2, -0.15) is 0 Å². The molecule has 0 amide bonds. The molecule has 0 bridgehead atoms. The number of nitrogens with zero attached hydrogens (tertiary/aromatic N) is 1. The van der Waals surface area contributed by atoms with Crippen molar-refractivity contribution in [3.63, 3.8) is 0 Å². The van der Waals surface area contributed by atoms with E-state index in [1.165, 1.54) is 17.3 Å². The molecule has 0 spiro atoms. The van der Waals surface area contributed by atoms with Crippen molar-refractivity contribution in [2.45, 2.75) is 12.8 Å². The van der Waals surface area contributed by atoms with Crippen LogP contribution in [0.25, 0.3) is 0 Å². The molecule has 0 radical (unpaired) electrons. The molecule has 2 aromatic rings. The fraction of sp³-hybridized carbons (Fsp3) is 0.250. The van der Waals surface area contributed by atoms with Crippen LogP contribution in [-0.4, -0.2) is 13.6 Å². The average Bonchev–Trinajstić information content (AvgIpc) is 2.43. The largest absolute Gasteiger partial charge is 0.374 e. The Balaban J connectivity index is 1.90. The summed E-state index contributed by atoms with van der Waals surface area (Å²) in [5.74, 6) is -0.909. The molecule has 2 aromatic carbocycles. The van der Waals surface area contributed by atoms with Gasteiger partial charge in [-0.3, -0.25) is 0 Å². The third-order valence-electron chi connectivity index (χ3n) is 3.64. The Hall–Kier alpha value is -2.10. The van der Waals surface area contributed by atoms with Gasteiger partial charge in [0.2, 0.25) is 0 Å². The summed E-state index contributed by atoms with van der Waals surface area (Å²) in [4.78, 5) is 2.21. The van der Waals surface area contributed by atoms with Crippen molar-refractivity contribution in [3.05, 3.63) is 53.6 Å². The van der Waals surface area contributed by atoms with Gasteiger partial charge in [0, 0.05) is 31.0 Å². The molecule has 20 heavy (non-hydrogen) atoms. The minimum Gasteiger partial charge on any atom is -0.374 e. The third kappa shape index (κ3) is 2.46. The first-order valence-electron chi connectivity index (χ1n) is 6.69. The molecule has 4 heteroatoms. The lowest BCUT2D eigenvalue weighted by Gasteiger charge is -2.28. The second-order valence-electron chi connectivity index (χ2n) is 5.12. The number of aryl methyl sites for hydroxylation is 1. The van der Waals surface area contributed by atoms with E-state index in [4.69, 9.17) is 0 Å². The molecule has 1 aliphatic rings. The van der Waals surface area contributed by atoms with E-state index in [0.717, 1.165) is 37.2 Å². The molecule has 0 atom stereocenters. The number of rotatable bonds is 2. The van der Waals surface area contributed by atoms with Crippen LogP contribution in [0.5, 0.6) is 0 Å². The van der Waals surface area contributed by atoms with Crippen LogP contribution < -0.4 is 10.2 Å². The Kier molecular flexibility index (Phi) is 3.30. The average molecular weight is 274 g/mol. The predicted molar refractivity (Wildman–Crippen MR) is 77.7 cm³/mol. The van der Waals surface area contributed by atoms with E-state index in [1.807, 2.05) is 18.2 Å². The van der Waals surface area contributed by atoms with Crippen molar-refractivity contribution in [3.8, 4) is 0 Å². The van der Waals surface area contributed by atoms with Crippen molar-refractivity contribution in [1.29, 1.82) is 0 Å². The monoisotopic (exact) mass is 274 g/mol. The van der Waals surface area contributed by atoms with E-state index in [1.54, 1.807) is 0 Å². The summed E-state index contributed by atoms with van der Waals surface area (Å²) in [6.45, 7) is 1.05. The number of halogens is 2. The Morgan fingerprint density at radius 3 is 2.80 bits per heavy atom. The van der Waals surface area contributed by atoms with E-state index in [9.17, 15) is 8.78 Å². The summed E-state index contributed by atoms with van der Waals surface area (Å²) in [7, 11) is 2.07. The second-order valence-corrected chi connectivity index (χ2v) is 5.12. The molecule has 0 saturated heterocycles. The molecule has 1 N–H and O–H groups in total. The van der Waals surface area contributed by atoms with Crippen LogP contribution in [-0.2, 0) is 6.42 Å². The van der Waals surface area contributed by atoms with Crippen molar-refractivity contribution in [2.75, 3.05) is 23.8 Å². The lowest BCUT2D eigenvalue weighted by Crippen LogP contribution is -2.24. The lowest BCUT2D eigenvalue weighted by molar-refractivity contribution is 0.603. The van der Waals surface area contributed by atoms with Crippen LogP contribution in [0.2, 0.25) is 0 Å². The van der Waals surface area contributed by atoms with Gasteiger partial charge in [0.1, 0.15) is 11.6 Å². The SMILES string of the molecule is CN1CCCc2cc(Nc3cc(F)ccc3F)ccc21. The molecule has 3 rings (SSSR count). The first kappa shape index (κ1) is 12.9. The molecule has 1 heterocycles. The van der Waals surface area contributed by atoms with Gasteiger partial charge in [-0.05, 0) is 48.7 Å². The molecule has 0 unspecified atom stereocenters. The number of benzene rings is 2. The number of fused-ring (bicyclic) bond motifs is 1. The van der Waals surface area contributed by atoms with Gasteiger partial charge in [0.05, 0.1) is 5.69 Å². The summed E-state index contributed by atoms with van der Waals surface area (Å²) >= 11 is 0. The maximum Gasteiger partial charge on any atom is 0.146 e. The molecule has 0 saturated carbocycles. The van der Waals surface area contributed by atoms with Gasteiger partial charge in [-0.25, -0.2) is 8.78 Å². The van der Waals surface area contributed by atoms with Crippen LogP contribution in [0.1, 0.15) is 12.0 Å². The third-order valence-corrected chi connectivity index (χ3v) is 3.64. The van der Waals surface area contributed by atoms with Crippen molar-refractivity contribution >= 4 is 17.1 Å². The molecule has 1 aliphatic heterocycles. The summed E-state index contributed by atoms with van der Waals surface area (Å²) < 4.78 is 26.8. The van der Waals surface area contributed by atoms with Gasteiger partial charge in [0.25, 0.3) is 0 Å². The maximum atomic E-state index is 13.6. The van der Waals surface area contributed by atoms with E-state index >= 15 is 0 Å². The van der Waals surface area contributed by atoms with E-state index in [2.05, 4.69) is 17.3 Å². The lowest BCUT2D eigenvalue weighted by atomic mass is 10.0. The van der Waals surface area contributed by atoms with Crippen LogP contribution >= 0.6 is 0 Å². The normalized spacial score (nSPS) is 14.1. The molecule has 0 aromatic heterocycles. The van der Waals surface area contributed by atoms with Crippen molar-refractivity contribution < 1.29 is 8.78 Å². The Morgan fingerprint density at radius 1 is 1.10 bits per heavy atom. The van der Waals surface area contributed by atoms with Gasteiger partial charge in [0.15, 0.2) is 0 Å². The van der Waals surface area contributed by atoms with Gasteiger partial charge in [-0.1, -0.05) is 0 Å². The molecule has 0 fully saturated rings. The minimum absolute atomic E-state index is 0.161. The van der Waals surface area contributed by atoms with E-state index in [0.29, 0.717) is 0 Å². The number of hydrogen-bond donors (Lipinski definition) is 1. The van der Waals surface area contributed by atoms with Crippen molar-refractivity contribution in [2.24, 2.45) is 0 Å². The first-order valence-corrected chi connectivity index (χ1v) is 6.69. The molecular formula is C16H16F2N2. The van der Waals surface area contributed by atoms with Gasteiger partial charge < -0.3 is 10.2 Å². The zero-order chi connectivity index (χ0) is 14.1. The van der Waals surface area contributed by atoms with Crippen LogP contribution in [0.4, 0.5) is 25.8 Å². The zero-order valence-corrected chi connectivity index (χ0v) is 11.3. The molecule has 0 aliphatic carbocycles. The highest BCUT2D eigenvalue weighted by molar-refractivity contribution is 5.67. The predicted octanol–water partition coefficient (Wildman–Crippen LogP) is 4.09. The fourth-order valence-corrected chi connectivity index (χ4v) is 2.61. The van der Waals surface area contributed by atoms with Crippen LogP contribution in [0, 0.1) is 11.6 Å². The molecule has 104 valence electrons. The minimum atomic E-state index is -0.457. The zero-order valence-electron chi connectivity index (χ0n) is 11.3. The molecular weight excluding hydrogens is 258 g/mol. The van der Waals surface area contributed by atoms with Gasteiger partial charge in [-0.15, -0.1) is 0 Å². The highest BCUT2D eigenvalue weighted by Crippen LogP contribution is 2.30. The maximum absolute atomic E-state index is 13.6. The van der Waals surface area contributed by atoms with E-state index < -0.39 is 11.6 Å². The van der Waals surface area contributed by atoms with Crippen LogP contribution in [0.3, 0.4) is 0 Å². The van der Waals surface area contributed by atoms with E-state index in [-0.39, 0.29) is 5.69 Å². The Labute approximate surface area is 117 Å². The quantitative estimate of drug-likeness (QED) is 0.887. The Morgan fingerprint density at radius 2 is 1.95 bits per heavy atom. The Bertz CT molecular complexity index is 640. The number of hydrogen-bond acceptors (Lipinski definition) is 2. The van der Waals surface area contributed by atoms with Crippen LogP contribution in [0.15, 0.2) is 36.4 Å². The highest BCUT2D eigenvalue weighted by atomic mass is 19.1. The summed E-state index contributed by atoms with van der Waals surface area (Å²) in [5.41, 5.74) is 3.39. The fourth-order valence-electron chi connectivity index (χ4n) is 2.61. The summed E-state index contributed by atoms with van der Waals surface area (Å²) in [6, 6.07) is 9.33. The number of anilines is 3. The summed E-state index contributed by atoms with van der Waals surface area (Å²) in [6.07, 6.45) is 2.13. The summed E-state index contributed by atoms with van der Waals surface area (Å²) in [5, 5.41) is 2.94. The molecule has 2 nitrogen and oxygen atoms in total.